The van der Waals surface area contributed by atoms with Gasteiger partial charge in [-0.15, -0.1) is 0 Å². The summed E-state index contributed by atoms with van der Waals surface area (Å²) >= 11 is 0. The minimum absolute atomic E-state index is 0.131. The van der Waals surface area contributed by atoms with E-state index in [0.717, 1.165) is 94.9 Å². The van der Waals surface area contributed by atoms with Gasteiger partial charge in [0.25, 0.3) is 0 Å². The van der Waals surface area contributed by atoms with Crippen LogP contribution in [0, 0.1) is 6.92 Å². The Bertz CT molecular complexity index is 1170. The molecule has 0 unspecified atom stereocenters. The number of nitrogens with zero attached hydrogens (tertiary/aromatic N) is 6. The molecular weight excluding hydrogens is 458 g/mol. The lowest BCUT2D eigenvalue weighted by atomic mass is 9.91. The summed E-state index contributed by atoms with van der Waals surface area (Å²) in [6.45, 7) is 7.31. The van der Waals surface area contributed by atoms with Crippen LogP contribution in [0.1, 0.15) is 50.3 Å². The van der Waals surface area contributed by atoms with Gasteiger partial charge in [-0.05, 0) is 57.6 Å². The minimum atomic E-state index is 0.131. The number of nitrogens with one attached hydrogen (secondary N) is 1. The Kier molecular flexibility index (Phi) is 6.98. The van der Waals surface area contributed by atoms with Crippen molar-refractivity contribution in [2.45, 2.75) is 63.6 Å². The largest absolute Gasteiger partial charge is 0.473 e. The molecule has 0 radical (unpaired) electrons. The Hall–Kier alpha value is -2.82. The fourth-order valence-corrected chi connectivity index (χ4v) is 5.53. The lowest BCUT2D eigenvalue weighted by Gasteiger charge is -2.38. The summed E-state index contributed by atoms with van der Waals surface area (Å²) in [5, 5.41) is 7.89. The van der Waals surface area contributed by atoms with Crippen LogP contribution in [-0.4, -0.2) is 81.3 Å². The second-order valence-corrected chi connectivity index (χ2v) is 10.0. The first-order valence-corrected chi connectivity index (χ1v) is 13.2. The summed E-state index contributed by atoms with van der Waals surface area (Å²) in [6, 6.07) is 4.95. The number of ether oxygens (including phenoxy) is 3. The van der Waals surface area contributed by atoms with E-state index < -0.39 is 0 Å². The van der Waals surface area contributed by atoms with Crippen molar-refractivity contribution in [3.63, 3.8) is 0 Å². The van der Waals surface area contributed by atoms with Crippen LogP contribution in [0.5, 0.6) is 5.88 Å². The minimum Gasteiger partial charge on any atom is -0.473 e. The molecule has 3 aromatic rings. The molecule has 0 atom stereocenters. The molecule has 3 aromatic heterocycles. The van der Waals surface area contributed by atoms with Gasteiger partial charge in [0, 0.05) is 44.2 Å². The quantitative estimate of drug-likeness (QED) is 0.552. The molecule has 0 bridgehead atoms. The number of hydrogen-bond acceptors (Lipinski definition) is 9. The fraction of sp³-hybridized carbons (Fsp3) is 0.615. The molecule has 192 valence electrons. The van der Waals surface area contributed by atoms with Gasteiger partial charge >= 0.3 is 0 Å². The number of morpholine rings is 1. The predicted octanol–water partition coefficient (Wildman–Crippen LogP) is 3.65. The van der Waals surface area contributed by atoms with Gasteiger partial charge in [0.15, 0.2) is 5.52 Å². The van der Waals surface area contributed by atoms with Gasteiger partial charge in [-0.3, -0.25) is 9.58 Å². The van der Waals surface area contributed by atoms with Crippen molar-refractivity contribution in [1.82, 2.24) is 29.6 Å². The first kappa shape index (κ1) is 23.6. The zero-order chi connectivity index (χ0) is 24.3. The van der Waals surface area contributed by atoms with Crippen LogP contribution in [0.4, 0.5) is 11.6 Å². The molecule has 6 rings (SSSR count). The van der Waals surface area contributed by atoms with Gasteiger partial charge in [-0.1, -0.05) is 0 Å². The molecule has 36 heavy (non-hydrogen) atoms. The van der Waals surface area contributed by atoms with Crippen LogP contribution in [0.15, 0.2) is 24.5 Å². The lowest BCUT2D eigenvalue weighted by molar-refractivity contribution is -0.00126. The summed E-state index contributed by atoms with van der Waals surface area (Å²) in [6.07, 6.45) is 10.2. The van der Waals surface area contributed by atoms with Crippen molar-refractivity contribution >= 4 is 22.7 Å². The molecule has 10 nitrogen and oxygen atoms in total. The van der Waals surface area contributed by atoms with Crippen LogP contribution in [0.25, 0.3) is 11.0 Å². The summed E-state index contributed by atoms with van der Waals surface area (Å²) in [5.74, 6) is 1.05. The standard InChI is InChI=1S/C26H35N7O3/c1-18-2-7-23-24(28-18)25(36-22-5-3-20(4-6-22)32-10-14-35-15-11-32)31-26(30-23)29-19-16-27-33(17-19)21-8-12-34-13-9-21/h2,7,16-17,20-22H,3-6,8-15H2,1H3,(H,29,30,31). The highest BCUT2D eigenvalue weighted by atomic mass is 16.5. The van der Waals surface area contributed by atoms with Crippen LogP contribution in [0.2, 0.25) is 0 Å². The molecular formula is C26H35N7O3. The maximum absolute atomic E-state index is 6.51. The number of fused-ring (bicyclic) bond motifs is 1. The number of rotatable bonds is 6. The Morgan fingerprint density at radius 3 is 2.47 bits per heavy atom. The highest BCUT2D eigenvalue weighted by molar-refractivity contribution is 5.81. The Balaban J connectivity index is 1.17. The highest BCUT2D eigenvalue weighted by Crippen LogP contribution is 2.31. The molecule has 10 heteroatoms. The first-order valence-electron chi connectivity index (χ1n) is 13.2. The lowest BCUT2D eigenvalue weighted by Crippen LogP contribution is -2.46. The van der Waals surface area contributed by atoms with Gasteiger partial charge < -0.3 is 19.5 Å². The van der Waals surface area contributed by atoms with Crippen molar-refractivity contribution in [3.8, 4) is 5.88 Å². The molecule has 0 aromatic carbocycles. The van der Waals surface area contributed by atoms with Gasteiger partial charge in [-0.2, -0.15) is 10.1 Å². The molecule has 5 heterocycles. The number of aromatic nitrogens is 5. The SMILES string of the molecule is Cc1ccc2nc(Nc3cnn(C4CCOCC4)c3)nc(OC3CCC(N4CCOCC4)CC3)c2n1. The third kappa shape index (κ3) is 5.30. The maximum atomic E-state index is 6.51. The molecule has 3 fully saturated rings. The normalized spacial score (nSPS) is 24.1. The molecule has 2 saturated heterocycles. The number of anilines is 2. The van der Waals surface area contributed by atoms with Gasteiger partial charge in [0.2, 0.25) is 11.8 Å². The van der Waals surface area contributed by atoms with Crippen molar-refractivity contribution in [3.05, 3.63) is 30.2 Å². The summed E-state index contributed by atoms with van der Waals surface area (Å²) in [4.78, 5) is 16.8. The second kappa shape index (κ2) is 10.7. The fourth-order valence-electron chi connectivity index (χ4n) is 5.53. The number of pyridine rings is 1. The van der Waals surface area contributed by atoms with E-state index in [1.807, 2.05) is 36.1 Å². The smallest absolute Gasteiger partial charge is 0.245 e. The van der Waals surface area contributed by atoms with Crippen molar-refractivity contribution < 1.29 is 14.2 Å². The van der Waals surface area contributed by atoms with E-state index in [9.17, 15) is 0 Å². The topological polar surface area (TPSA) is 99.5 Å². The zero-order valence-electron chi connectivity index (χ0n) is 20.9. The van der Waals surface area contributed by atoms with E-state index in [1.54, 1.807) is 0 Å². The molecule has 3 aliphatic rings. The molecule has 0 amide bonds. The van der Waals surface area contributed by atoms with Gasteiger partial charge in [-0.25, -0.2) is 9.97 Å². The third-order valence-corrected chi connectivity index (χ3v) is 7.56. The molecule has 1 saturated carbocycles. The van der Waals surface area contributed by atoms with Crippen LogP contribution >= 0.6 is 0 Å². The summed E-state index contributed by atoms with van der Waals surface area (Å²) < 4.78 is 19.5. The average molecular weight is 494 g/mol. The number of hydrogen-bond donors (Lipinski definition) is 1. The van der Waals surface area contributed by atoms with Crippen molar-refractivity contribution in [2.75, 3.05) is 44.8 Å². The predicted molar refractivity (Wildman–Crippen MR) is 136 cm³/mol. The van der Waals surface area contributed by atoms with Crippen LogP contribution < -0.4 is 10.1 Å². The second-order valence-electron chi connectivity index (χ2n) is 10.0. The average Bonchev–Trinajstić information content (AvgIpc) is 3.39. The van der Waals surface area contributed by atoms with E-state index in [0.29, 0.717) is 29.4 Å². The summed E-state index contributed by atoms with van der Waals surface area (Å²) in [5.41, 5.74) is 3.27. The van der Waals surface area contributed by atoms with Crippen molar-refractivity contribution in [2.24, 2.45) is 0 Å². The van der Waals surface area contributed by atoms with E-state index in [1.165, 1.54) is 0 Å². The summed E-state index contributed by atoms with van der Waals surface area (Å²) in [7, 11) is 0. The van der Waals surface area contributed by atoms with Gasteiger partial charge in [0.05, 0.1) is 36.7 Å². The first-order chi connectivity index (χ1) is 17.7. The van der Waals surface area contributed by atoms with Gasteiger partial charge in [0.1, 0.15) is 6.10 Å². The highest BCUT2D eigenvalue weighted by Gasteiger charge is 2.28. The van der Waals surface area contributed by atoms with E-state index in [-0.39, 0.29) is 6.10 Å². The van der Waals surface area contributed by atoms with E-state index in [4.69, 9.17) is 29.2 Å². The number of aryl methyl sites for hydroxylation is 1. The van der Waals surface area contributed by atoms with E-state index >= 15 is 0 Å². The molecule has 2 aliphatic heterocycles. The molecule has 0 spiro atoms. The molecule has 1 aliphatic carbocycles. The Morgan fingerprint density at radius 1 is 0.889 bits per heavy atom. The monoisotopic (exact) mass is 493 g/mol. The van der Waals surface area contributed by atoms with E-state index in [2.05, 4.69) is 15.3 Å². The zero-order valence-corrected chi connectivity index (χ0v) is 20.9. The van der Waals surface area contributed by atoms with Crippen LogP contribution in [-0.2, 0) is 9.47 Å². The molecule has 1 N–H and O–H groups in total. The Labute approximate surface area is 211 Å². The third-order valence-electron chi connectivity index (χ3n) is 7.56. The Morgan fingerprint density at radius 2 is 1.67 bits per heavy atom. The van der Waals surface area contributed by atoms with Crippen molar-refractivity contribution in [1.29, 1.82) is 0 Å². The van der Waals surface area contributed by atoms with Crippen LogP contribution in [0.3, 0.4) is 0 Å². The maximum Gasteiger partial charge on any atom is 0.245 e.